The van der Waals surface area contributed by atoms with Crippen molar-refractivity contribution < 1.29 is 14.7 Å². The van der Waals surface area contributed by atoms with Crippen LogP contribution in [-0.2, 0) is 4.79 Å². The maximum absolute atomic E-state index is 11.9. The highest BCUT2D eigenvalue weighted by Gasteiger charge is 2.22. The van der Waals surface area contributed by atoms with Crippen LogP contribution in [0.5, 0.6) is 0 Å². The third-order valence-corrected chi connectivity index (χ3v) is 2.68. The number of carbonyl (C=O) groups excluding carboxylic acids is 1. The minimum Gasteiger partial charge on any atom is -0.480 e. The molecule has 6 nitrogen and oxygen atoms in total. The van der Waals surface area contributed by atoms with Gasteiger partial charge in [0.1, 0.15) is 11.7 Å². The van der Waals surface area contributed by atoms with E-state index in [1.807, 2.05) is 27.7 Å². The van der Waals surface area contributed by atoms with E-state index in [-0.39, 0.29) is 17.7 Å². The Labute approximate surface area is 112 Å². The average Bonchev–Trinajstić information content (AvgIpc) is 2.76. The summed E-state index contributed by atoms with van der Waals surface area (Å²) in [6.07, 6.45) is 2.10. The SMILES string of the molecule is CC(C)C[C@H](NC(=O)c1ccn(C(C)C)n1)C(=O)O. The lowest BCUT2D eigenvalue weighted by Crippen LogP contribution is -2.41. The van der Waals surface area contributed by atoms with E-state index in [4.69, 9.17) is 5.11 Å². The zero-order valence-corrected chi connectivity index (χ0v) is 11.8. The van der Waals surface area contributed by atoms with Crippen LogP contribution in [0.15, 0.2) is 12.3 Å². The Morgan fingerprint density at radius 3 is 2.42 bits per heavy atom. The molecule has 6 heteroatoms. The van der Waals surface area contributed by atoms with Gasteiger partial charge in [0.15, 0.2) is 0 Å². The van der Waals surface area contributed by atoms with Crippen molar-refractivity contribution >= 4 is 11.9 Å². The Bertz CT molecular complexity index is 452. The molecule has 0 aliphatic heterocycles. The summed E-state index contributed by atoms with van der Waals surface area (Å²) in [5.41, 5.74) is 0.240. The molecule has 106 valence electrons. The van der Waals surface area contributed by atoms with Crippen molar-refractivity contribution in [1.29, 1.82) is 0 Å². The molecule has 0 unspecified atom stereocenters. The average molecular weight is 267 g/mol. The largest absolute Gasteiger partial charge is 0.480 e. The Kier molecular flexibility index (Phi) is 5.09. The van der Waals surface area contributed by atoms with Gasteiger partial charge in [-0.25, -0.2) is 4.79 Å². The quantitative estimate of drug-likeness (QED) is 0.821. The zero-order chi connectivity index (χ0) is 14.6. The molecular formula is C13H21N3O3. The topological polar surface area (TPSA) is 84.2 Å². The molecule has 0 aliphatic carbocycles. The molecule has 1 aromatic heterocycles. The number of nitrogens with one attached hydrogen (secondary N) is 1. The number of rotatable bonds is 6. The van der Waals surface area contributed by atoms with E-state index in [1.165, 1.54) is 0 Å². The third kappa shape index (κ3) is 4.39. The molecule has 1 aromatic rings. The molecule has 2 N–H and O–H groups in total. The zero-order valence-electron chi connectivity index (χ0n) is 11.8. The summed E-state index contributed by atoms with van der Waals surface area (Å²) in [7, 11) is 0. The van der Waals surface area contributed by atoms with Crippen LogP contribution in [0, 0.1) is 5.92 Å². The molecule has 0 bridgehead atoms. The summed E-state index contributed by atoms with van der Waals surface area (Å²) in [6, 6.07) is 0.869. The Hall–Kier alpha value is -1.85. The molecule has 19 heavy (non-hydrogen) atoms. The van der Waals surface area contributed by atoms with E-state index in [0.717, 1.165) is 0 Å². The van der Waals surface area contributed by atoms with Gasteiger partial charge in [0, 0.05) is 12.2 Å². The predicted octanol–water partition coefficient (Wildman–Crippen LogP) is 1.69. The molecular weight excluding hydrogens is 246 g/mol. The molecule has 0 fully saturated rings. The highest BCUT2D eigenvalue weighted by molar-refractivity contribution is 5.94. The van der Waals surface area contributed by atoms with Gasteiger partial charge in [0.2, 0.25) is 0 Å². The summed E-state index contributed by atoms with van der Waals surface area (Å²) < 4.78 is 1.66. The van der Waals surface area contributed by atoms with Gasteiger partial charge in [-0.15, -0.1) is 0 Å². The van der Waals surface area contributed by atoms with Gasteiger partial charge in [0.05, 0.1) is 0 Å². The molecule has 0 radical (unpaired) electrons. The van der Waals surface area contributed by atoms with E-state index in [9.17, 15) is 9.59 Å². The van der Waals surface area contributed by atoms with Crippen molar-refractivity contribution in [3.63, 3.8) is 0 Å². The second kappa shape index (κ2) is 6.36. The van der Waals surface area contributed by atoms with Gasteiger partial charge in [-0.05, 0) is 32.3 Å². The number of nitrogens with zero attached hydrogens (tertiary/aromatic N) is 2. The molecule has 1 heterocycles. The summed E-state index contributed by atoms with van der Waals surface area (Å²) in [6.45, 7) is 7.73. The number of aromatic nitrogens is 2. The fourth-order valence-electron chi connectivity index (χ4n) is 1.67. The van der Waals surface area contributed by atoms with Crippen LogP contribution in [0.25, 0.3) is 0 Å². The Morgan fingerprint density at radius 2 is 2.00 bits per heavy atom. The van der Waals surface area contributed by atoms with E-state index in [1.54, 1.807) is 16.9 Å². The molecule has 1 rings (SSSR count). The highest BCUT2D eigenvalue weighted by Crippen LogP contribution is 2.07. The number of aliphatic carboxylic acids is 1. The number of hydrogen-bond acceptors (Lipinski definition) is 3. The maximum Gasteiger partial charge on any atom is 0.326 e. The van der Waals surface area contributed by atoms with Gasteiger partial charge in [-0.1, -0.05) is 13.8 Å². The smallest absolute Gasteiger partial charge is 0.326 e. The van der Waals surface area contributed by atoms with Crippen molar-refractivity contribution in [2.75, 3.05) is 0 Å². The fraction of sp³-hybridized carbons (Fsp3) is 0.615. The van der Waals surface area contributed by atoms with Crippen molar-refractivity contribution in [2.24, 2.45) is 5.92 Å². The van der Waals surface area contributed by atoms with Gasteiger partial charge in [-0.3, -0.25) is 9.48 Å². The summed E-state index contributed by atoms with van der Waals surface area (Å²) in [4.78, 5) is 23.0. The van der Waals surface area contributed by atoms with Crippen molar-refractivity contribution in [3.05, 3.63) is 18.0 Å². The van der Waals surface area contributed by atoms with Gasteiger partial charge < -0.3 is 10.4 Å². The second-order valence-corrected chi connectivity index (χ2v) is 5.27. The normalized spacial score (nSPS) is 12.7. The summed E-state index contributed by atoms with van der Waals surface area (Å²) >= 11 is 0. The lowest BCUT2D eigenvalue weighted by atomic mass is 10.0. The molecule has 0 saturated carbocycles. The fourth-order valence-corrected chi connectivity index (χ4v) is 1.67. The van der Waals surface area contributed by atoms with E-state index < -0.39 is 17.9 Å². The van der Waals surface area contributed by atoms with Crippen molar-refractivity contribution in [1.82, 2.24) is 15.1 Å². The van der Waals surface area contributed by atoms with E-state index in [2.05, 4.69) is 10.4 Å². The molecule has 1 amide bonds. The van der Waals surface area contributed by atoms with Crippen molar-refractivity contribution in [2.45, 2.75) is 46.2 Å². The minimum atomic E-state index is -1.02. The van der Waals surface area contributed by atoms with E-state index in [0.29, 0.717) is 6.42 Å². The van der Waals surface area contributed by atoms with Crippen LogP contribution < -0.4 is 5.32 Å². The first-order valence-corrected chi connectivity index (χ1v) is 6.40. The van der Waals surface area contributed by atoms with Crippen LogP contribution in [0.1, 0.15) is 50.6 Å². The molecule has 1 atom stereocenters. The van der Waals surface area contributed by atoms with E-state index >= 15 is 0 Å². The molecule has 0 aliphatic rings. The molecule has 0 spiro atoms. The first kappa shape index (κ1) is 15.2. The van der Waals surface area contributed by atoms with Crippen LogP contribution in [0.3, 0.4) is 0 Å². The summed E-state index contributed by atoms with van der Waals surface area (Å²) in [5.74, 6) is -1.28. The van der Waals surface area contributed by atoms with Crippen LogP contribution in [-0.4, -0.2) is 32.8 Å². The predicted molar refractivity (Wildman–Crippen MR) is 71.0 cm³/mol. The monoisotopic (exact) mass is 267 g/mol. The first-order valence-electron chi connectivity index (χ1n) is 6.40. The van der Waals surface area contributed by atoms with Crippen molar-refractivity contribution in [3.8, 4) is 0 Å². The number of carboxylic acids is 1. The van der Waals surface area contributed by atoms with Gasteiger partial charge in [-0.2, -0.15) is 5.10 Å². The second-order valence-electron chi connectivity index (χ2n) is 5.27. The number of amides is 1. The van der Waals surface area contributed by atoms with Gasteiger partial charge in [0.25, 0.3) is 5.91 Å². The third-order valence-electron chi connectivity index (χ3n) is 2.68. The van der Waals surface area contributed by atoms with Gasteiger partial charge >= 0.3 is 5.97 Å². The lowest BCUT2D eigenvalue weighted by Gasteiger charge is -2.15. The lowest BCUT2D eigenvalue weighted by molar-refractivity contribution is -0.139. The van der Waals surface area contributed by atoms with Crippen LogP contribution in [0.4, 0.5) is 0 Å². The number of hydrogen-bond donors (Lipinski definition) is 2. The standard InChI is InChI=1S/C13H21N3O3/c1-8(2)7-11(13(18)19)14-12(17)10-5-6-16(15-10)9(3)4/h5-6,8-9,11H,7H2,1-4H3,(H,14,17)(H,18,19)/t11-/m0/s1. The highest BCUT2D eigenvalue weighted by atomic mass is 16.4. The number of carboxylic acid groups (broad SMARTS) is 1. The number of carbonyl (C=O) groups is 2. The Morgan fingerprint density at radius 1 is 1.37 bits per heavy atom. The molecule has 0 saturated heterocycles. The first-order chi connectivity index (χ1) is 8.81. The maximum atomic E-state index is 11.9. The van der Waals surface area contributed by atoms with Crippen LogP contribution >= 0.6 is 0 Å². The molecule has 0 aromatic carbocycles. The Balaban J connectivity index is 2.73. The summed E-state index contributed by atoms with van der Waals surface area (Å²) in [5, 5.41) is 15.7. The minimum absolute atomic E-state index is 0.160. The van der Waals surface area contributed by atoms with Crippen LogP contribution in [0.2, 0.25) is 0 Å².